The maximum Gasteiger partial charge on any atom is 0.301 e. The van der Waals surface area contributed by atoms with Crippen molar-refractivity contribution >= 4 is 45.7 Å². The fraction of sp³-hybridized carbons (Fsp3) is 0.273. The molecule has 1 saturated heterocycles. The maximum absolute atomic E-state index is 14.2. The number of hydrogen-bond acceptors (Lipinski definition) is 10. The first-order valence-electron chi connectivity index (χ1n) is 14.4. The second-order valence-corrected chi connectivity index (χ2v) is 13.0. The molecule has 0 spiro atoms. The molecule has 232 valence electrons. The zero-order valence-corrected chi connectivity index (χ0v) is 26.2. The Bertz CT molecular complexity index is 1770. The monoisotopic (exact) mass is 647 g/mol. The number of amides is 1. The van der Waals surface area contributed by atoms with Crippen molar-refractivity contribution < 1.29 is 33.3 Å². The molecule has 1 N–H and O–H groups in total. The third-order valence-corrected chi connectivity index (χ3v) is 9.41. The van der Waals surface area contributed by atoms with Gasteiger partial charge in [0.1, 0.15) is 30.5 Å². The number of rotatable bonds is 10. The molecule has 1 atom stereocenters. The third kappa shape index (κ3) is 6.52. The lowest BCUT2D eigenvalue weighted by Crippen LogP contribution is -2.29. The topological polar surface area (TPSA) is 111 Å². The molecule has 12 heteroatoms. The first-order chi connectivity index (χ1) is 21.8. The van der Waals surface area contributed by atoms with Gasteiger partial charge in [0.05, 0.1) is 18.2 Å². The van der Waals surface area contributed by atoms with Crippen LogP contribution in [0.2, 0.25) is 0 Å². The molecular weight excluding hydrogens is 618 g/mol. The molecule has 2 aliphatic heterocycles. The van der Waals surface area contributed by atoms with Crippen molar-refractivity contribution in [2.75, 3.05) is 24.7 Å². The molecule has 6 rings (SSSR count). The van der Waals surface area contributed by atoms with Gasteiger partial charge in [-0.25, -0.2) is 4.39 Å². The molecule has 1 fully saturated rings. The second kappa shape index (κ2) is 13.3. The first-order valence-corrected chi connectivity index (χ1v) is 16.2. The lowest BCUT2D eigenvalue weighted by Gasteiger charge is -2.23. The largest absolute Gasteiger partial charge is 0.507 e. The number of anilines is 1. The number of aromatic nitrogens is 2. The highest BCUT2D eigenvalue weighted by Gasteiger charge is 2.48. The van der Waals surface area contributed by atoms with Crippen LogP contribution in [0.4, 0.5) is 9.52 Å². The number of thioether (sulfide) groups is 1. The normalized spacial score (nSPS) is 17.2. The Morgan fingerprint density at radius 2 is 1.87 bits per heavy atom. The summed E-state index contributed by atoms with van der Waals surface area (Å²) < 4.78 is 31.9. The van der Waals surface area contributed by atoms with E-state index >= 15 is 0 Å². The number of Topliss-reactive ketones (excluding diaryl/α,β-unsaturated/α-hetero) is 1. The summed E-state index contributed by atoms with van der Waals surface area (Å²) in [6.45, 7) is 5.46. The molecule has 0 aliphatic carbocycles. The van der Waals surface area contributed by atoms with Gasteiger partial charge < -0.3 is 19.3 Å². The van der Waals surface area contributed by atoms with Crippen LogP contribution in [-0.2, 0) is 15.3 Å². The van der Waals surface area contributed by atoms with Gasteiger partial charge in [0.15, 0.2) is 15.8 Å². The Morgan fingerprint density at radius 1 is 1.07 bits per heavy atom. The van der Waals surface area contributed by atoms with Gasteiger partial charge in [-0.3, -0.25) is 14.5 Å². The lowest BCUT2D eigenvalue weighted by atomic mass is 9.95. The number of aliphatic hydroxyl groups is 1. The summed E-state index contributed by atoms with van der Waals surface area (Å²) in [5.41, 5.74) is 1.25. The number of ketones is 1. The predicted octanol–water partition coefficient (Wildman–Crippen LogP) is 6.79. The van der Waals surface area contributed by atoms with E-state index in [2.05, 4.69) is 24.0 Å². The Morgan fingerprint density at radius 3 is 2.67 bits per heavy atom. The van der Waals surface area contributed by atoms with Crippen LogP contribution in [0.25, 0.3) is 5.76 Å². The van der Waals surface area contributed by atoms with Crippen molar-refractivity contribution in [3.05, 3.63) is 94.8 Å². The number of carbonyl (C=O) groups is 2. The number of halogens is 1. The van der Waals surface area contributed by atoms with E-state index in [0.717, 1.165) is 17.8 Å². The third-order valence-electron chi connectivity index (χ3n) is 7.31. The Hall–Kier alpha value is -4.42. The molecule has 1 aromatic heterocycles. The van der Waals surface area contributed by atoms with Gasteiger partial charge in [-0.2, -0.15) is 0 Å². The molecule has 2 aliphatic rings. The second-order valence-electron chi connectivity index (χ2n) is 10.9. The molecule has 3 aromatic carbocycles. The van der Waals surface area contributed by atoms with Crippen LogP contribution in [0.5, 0.6) is 17.2 Å². The fourth-order valence-corrected chi connectivity index (χ4v) is 6.85. The van der Waals surface area contributed by atoms with Crippen molar-refractivity contribution in [1.82, 2.24) is 10.2 Å². The van der Waals surface area contributed by atoms with Crippen LogP contribution >= 0.6 is 23.1 Å². The summed E-state index contributed by atoms with van der Waals surface area (Å²) in [7, 11) is 0. The van der Waals surface area contributed by atoms with Crippen LogP contribution in [-0.4, -0.2) is 46.8 Å². The number of carbonyl (C=O) groups excluding carboxylic acids is 2. The highest BCUT2D eigenvalue weighted by atomic mass is 32.2. The van der Waals surface area contributed by atoms with Crippen molar-refractivity contribution in [3.63, 3.8) is 0 Å². The molecular formula is C33H30FN3O6S2. The Labute approximate surface area is 267 Å². The summed E-state index contributed by atoms with van der Waals surface area (Å²) in [6.07, 6.45) is 0.852. The SMILES string of the molecule is CC(C)CCOc1cccc(C2/C(=C(/O)c3ccc4c(c3)OCCO4)C(=O)C(=O)N2c2nnc(SCc3ccccc3F)s2)c1. The van der Waals surface area contributed by atoms with Gasteiger partial charge in [0.25, 0.3) is 5.78 Å². The molecule has 45 heavy (non-hydrogen) atoms. The van der Waals surface area contributed by atoms with E-state index in [1.165, 1.54) is 22.7 Å². The summed E-state index contributed by atoms with van der Waals surface area (Å²) in [4.78, 5) is 28.6. The van der Waals surface area contributed by atoms with Crippen molar-refractivity contribution in [2.24, 2.45) is 5.92 Å². The van der Waals surface area contributed by atoms with Crippen molar-refractivity contribution in [1.29, 1.82) is 0 Å². The number of ether oxygens (including phenoxy) is 3. The maximum atomic E-state index is 14.2. The van der Waals surface area contributed by atoms with E-state index in [1.807, 2.05) is 0 Å². The van der Waals surface area contributed by atoms with Crippen LogP contribution < -0.4 is 19.1 Å². The van der Waals surface area contributed by atoms with E-state index in [9.17, 15) is 19.1 Å². The van der Waals surface area contributed by atoms with Gasteiger partial charge in [-0.05, 0) is 59.9 Å². The first kappa shape index (κ1) is 30.6. The Kier molecular flexibility index (Phi) is 9.04. The molecule has 1 unspecified atom stereocenters. The van der Waals surface area contributed by atoms with Gasteiger partial charge in [0, 0.05) is 11.3 Å². The van der Waals surface area contributed by atoms with Crippen LogP contribution in [0.3, 0.4) is 0 Å². The number of hydrogen-bond donors (Lipinski definition) is 1. The van der Waals surface area contributed by atoms with Crippen LogP contribution in [0, 0.1) is 11.7 Å². The van der Waals surface area contributed by atoms with E-state index in [0.29, 0.717) is 69.8 Å². The summed E-state index contributed by atoms with van der Waals surface area (Å²) in [5, 5.41) is 20.2. The molecule has 1 amide bonds. The predicted molar refractivity (Wildman–Crippen MR) is 169 cm³/mol. The minimum Gasteiger partial charge on any atom is -0.507 e. The van der Waals surface area contributed by atoms with Crippen LogP contribution in [0.1, 0.15) is 43.0 Å². The summed E-state index contributed by atoms with van der Waals surface area (Å²) in [6, 6.07) is 17.4. The van der Waals surface area contributed by atoms with Crippen molar-refractivity contribution in [3.8, 4) is 17.2 Å². The number of nitrogens with zero attached hydrogens (tertiary/aromatic N) is 3. The van der Waals surface area contributed by atoms with E-state index in [-0.39, 0.29) is 22.3 Å². The van der Waals surface area contributed by atoms with E-state index < -0.39 is 17.7 Å². The minimum absolute atomic E-state index is 0.105. The number of aliphatic hydroxyl groups excluding tert-OH is 1. The zero-order valence-electron chi connectivity index (χ0n) is 24.6. The van der Waals surface area contributed by atoms with Gasteiger partial charge >= 0.3 is 5.91 Å². The van der Waals surface area contributed by atoms with Crippen molar-refractivity contribution in [2.45, 2.75) is 36.4 Å². The molecule has 3 heterocycles. The standard InChI is InChI=1S/C33H30FN3O6S2/c1-19(2)12-13-41-23-8-5-7-20(16-23)28-27(29(38)21-10-11-25-26(17-21)43-15-14-42-25)30(39)31(40)37(28)32-35-36-33(45-32)44-18-22-6-3-4-9-24(22)34/h3-11,16-17,19,28,38H,12-15,18H2,1-2H3/b29-27-. The zero-order chi connectivity index (χ0) is 31.5. The average molecular weight is 648 g/mol. The van der Waals surface area contributed by atoms with E-state index in [1.54, 1.807) is 60.7 Å². The minimum atomic E-state index is -1.02. The molecule has 4 aromatic rings. The Balaban J connectivity index is 1.38. The van der Waals surface area contributed by atoms with Gasteiger partial charge in [-0.15, -0.1) is 10.2 Å². The number of benzene rings is 3. The molecule has 9 nitrogen and oxygen atoms in total. The highest BCUT2D eigenvalue weighted by Crippen LogP contribution is 2.45. The van der Waals surface area contributed by atoms with Gasteiger partial charge in [-0.1, -0.05) is 67.3 Å². The summed E-state index contributed by atoms with van der Waals surface area (Å²) >= 11 is 2.38. The summed E-state index contributed by atoms with van der Waals surface area (Å²) in [5.74, 6) is -0.124. The van der Waals surface area contributed by atoms with Gasteiger partial charge in [0.2, 0.25) is 5.13 Å². The van der Waals surface area contributed by atoms with E-state index in [4.69, 9.17) is 14.2 Å². The highest BCUT2D eigenvalue weighted by molar-refractivity contribution is 8.00. The molecule has 0 radical (unpaired) electrons. The van der Waals surface area contributed by atoms with Crippen LogP contribution in [0.15, 0.2) is 76.6 Å². The molecule has 0 bridgehead atoms. The number of fused-ring (bicyclic) bond motifs is 1. The molecule has 0 saturated carbocycles. The fourth-order valence-electron chi connectivity index (χ4n) is 4.99. The quantitative estimate of drug-likeness (QED) is 0.0654. The lowest BCUT2D eigenvalue weighted by molar-refractivity contribution is -0.132. The average Bonchev–Trinajstić information content (AvgIpc) is 3.61. The smallest absolute Gasteiger partial charge is 0.301 e.